The van der Waals surface area contributed by atoms with Crippen LogP contribution in [-0.4, -0.2) is 10.9 Å². The molecule has 0 aliphatic rings. The van der Waals surface area contributed by atoms with E-state index >= 15 is 0 Å². The van der Waals surface area contributed by atoms with Crippen LogP contribution in [0.2, 0.25) is 0 Å². The molecule has 4 nitrogen and oxygen atoms in total. The first kappa shape index (κ1) is 13.5. The zero-order chi connectivity index (χ0) is 15.6. The Morgan fingerprint density at radius 1 is 1.04 bits per heavy atom. The molecule has 2 heterocycles. The largest absolute Gasteiger partial charge is 0.464 e. The third kappa shape index (κ3) is 2.55. The predicted octanol–water partition coefficient (Wildman–Crippen LogP) is 4.16. The second-order valence-electron chi connectivity index (χ2n) is 5.36. The molecular weight excluding hydrogens is 288 g/mol. The van der Waals surface area contributed by atoms with Crippen LogP contribution in [0.3, 0.4) is 0 Å². The average Bonchev–Trinajstić information content (AvgIpc) is 2.98. The molecule has 0 unspecified atom stereocenters. The fraction of sp³-hybridized carbons (Fsp3) is 0.0526. The Hall–Kier alpha value is -3.14. The van der Waals surface area contributed by atoms with Crippen LogP contribution in [0.4, 0.5) is 5.69 Å². The third-order valence-electron chi connectivity index (χ3n) is 3.82. The van der Waals surface area contributed by atoms with Crippen molar-refractivity contribution in [3.05, 3.63) is 72.6 Å². The molecule has 4 rings (SSSR count). The fourth-order valence-corrected chi connectivity index (χ4v) is 2.74. The highest BCUT2D eigenvalue weighted by Gasteiger charge is 2.11. The number of aromatic nitrogens is 1. The van der Waals surface area contributed by atoms with Crippen molar-refractivity contribution in [3.63, 3.8) is 0 Å². The van der Waals surface area contributed by atoms with Crippen LogP contribution >= 0.6 is 0 Å². The maximum Gasteiger partial charge on any atom is 0.228 e. The van der Waals surface area contributed by atoms with Gasteiger partial charge < -0.3 is 9.73 Å². The number of nitrogens with zero attached hydrogens (tertiary/aromatic N) is 1. The number of hydrogen-bond donors (Lipinski definition) is 1. The van der Waals surface area contributed by atoms with E-state index in [0.29, 0.717) is 0 Å². The molecule has 0 spiro atoms. The average molecular weight is 302 g/mol. The molecule has 1 N–H and O–H groups in total. The molecule has 0 saturated heterocycles. The lowest BCUT2D eigenvalue weighted by Gasteiger charge is -2.07. The monoisotopic (exact) mass is 302 g/mol. The van der Waals surface area contributed by atoms with Crippen molar-refractivity contribution < 1.29 is 9.21 Å². The molecular formula is C19H14N2O2. The first-order chi connectivity index (χ1) is 11.3. The molecule has 0 aliphatic carbocycles. The van der Waals surface area contributed by atoms with Crippen LogP contribution in [0.1, 0.15) is 5.56 Å². The highest BCUT2D eigenvalue weighted by molar-refractivity contribution is 6.01. The summed E-state index contributed by atoms with van der Waals surface area (Å²) in [6.07, 6.45) is 3.63. The Balaban J connectivity index is 1.60. The standard InChI is InChI=1S/C19H14N2O2/c22-18(11-14-12-23-17-9-2-1-7-15(14)17)21-16-8-3-5-13-6-4-10-20-19(13)16/h1-10,12H,11H2,(H,21,22). The Morgan fingerprint density at radius 2 is 1.91 bits per heavy atom. The molecule has 0 bridgehead atoms. The van der Waals surface area contributed by atoms with Gasteiger partial charge in [0.15, 0.2) is 0 Å². The van der Waals surface area contributed by atoms with Gasteiger partial charge in [-0.2, -0.15) is 0 Å². The van der Waals surface area contributed by atoms with E-state index < -0.39 is 0 Å². The Kier molecular flexibility index (Phi) is 3.27. The molecule has 0 fully saturated rings. The van der Waals surface area contributed by atoms with Gasteiger partial charge in [0.05, 0.1) is 23.9 Å². The SMILES string of the molecule is O=C(Cc1coc2ccccc12)Nc1cccc2cccnc12. The van der Waals surface area contributed by atoms with E-state index in [2.05, 4.69) is 10.3 Å². The topological polar surface area (TPSA) is 55.1 Å². The quantitative estimate of drug-likeness (QED) is 0.618. The molecule has 4 heteroatoms. The van der Waals surface area contributed by atoms with Gasteiger partial charge in [-0.05, 0) is 18.2 Å². The lowest BCUT2D eigenvalue weighted by molar-refractivity contribution is -0.115. The molecule has 2 aromatic heterocycles. The second kappa shape index (κ2) is 5.57. The van der Waals surface area contributed by atoms with E-state index in [0.717, 1.165) is 33.1 Å². The number of hydrogen-bond acceptors (Lipinski definition) is 3. The minimum absolute atomic E-state index is 0.0882. The van der Waals surface area contributed by atoms with E-state index in [1.165, 1.54) is 0 Å². The van der Waals surface area contributed by atoms with Crippen molar-refractivity contribution in [2.45, 2.75) is 6.42 Å². The predicted molar refractivity (Wildman–Crippen MR) is 90.3 cm³/mol. The van der Waals surface area contributed by atoms with Crippen molar-refractivity contribution in [2.24, 2.45) is 0 Å². The van der Waals surface area contributed by atoms with Crippen LogP contribution in [0.15, 0.2) is 71.5 Å². The molecule has 0 atom stereocenters. The van der Waals surface area contributed by atoms with Crippen LogP contribution < -0.4 is 5.32 Å². The van der Waals surface area contributed by atoms with Gasteiger partial charge in [-0.3, -0.25) is 9.78 Å². The molecule has 23 heavy (non-hydrogen) atoms. The van der Waals surface area contributed by atoms with Gasteiger partial charge in [0.2, 0.25) is 5.91 Å². The lowest BCUT2D eigenvalue weighted by atomic mass is 10.1. The normalized spacial score (nSPS) is 11.0. The van der Waals surface area contributed by atoms with E-state index in [4.69, 9.17) is 4.42 Å². The number of fused-ring (bicyclic) bond motifs is 2. The zero-order valence-electron chi connectivity index (χ0n) is 12.3. The van der Waals surface area contributed by atoms with Crippen LogP contribution in [-0.2, 0) is 11.2 Å². The first-order valence-electron chi connectivity index (χ1n) is 7.40. The number of nitrogens with one attached hydrogen (secondary N) is 1. The third-order valence-corrected chi connectivity index (χ3v) is 3.82. The van der Waals surface area contributed by atoms with E-state index in [1.807, 2.05) is 54.6 Å². The summed E-state index contributed by atoms with van der Waals surface area (Å²) < 4.78 is 5.48. The van der Waals surface area contributed by atoms with Gasteiger partial charge in [0, 0.05) is 22.5 Å². The Morgan fingerprint density at radius 3 is 2.87 bits per heavy atom. The zero-order valence-corrected chi connectivity index (χ0v) is 12.3. The summed E-state index contributed by atoms with van der Waals surface area (Å²) in [7, 11) is 0. The summed E-state index contributed by atoms with van der Waals surface area (Å²) in [4.78, 5) is 16.7. The molecule has 112 valence electrons. The Bertz CT molecular complexity index is 999. The summed E-state index contributed by atoms with van der Waals surface area (Å²) >= 11 is 0. The first-order valence-corrected chi connectivity index (χ1v) is 7.40. The maximum atomic E-state index is 12.4. The second-order valence-corrected chi connectivity index (χ2v) is 5.36. The van der Waals surface area contributed by atoms with Gasteiger partial charge in [0.25, 0.3) is 0 Å². The molecule has 4 aromatic rings. The molecule has 0 saturated carbocycles. The number of pyridine rings is 1. The number of rotatable bonds is 3. The van der Waals surface area contributed by atoms with Crippen molar-refractivity contribution >= 4 is 33.5 Å². The number of anilines is 1. The summed E-state index contributed by atoms with van der Waals surface area (Å²) in [5.74, 6) is -0.0882. The maximum absolute atomic E-state index is 12.4. The van der Waals surface area contributed by atoms with Crippen LogP contribution in [0.5, 0.6) is 0 Å². The summed E-state index contributed by atoms with van der Waals surface area (Å²) in [6, 6.07) is 17.3. The van der Waals surface area contributed by atoms with Gasteiger partial charge >= 0.3 is 0 Å². The smallest absolute Gasteiger partial charge is 0.228 e. The molecule has 0 radical (unpaired) electrons. The van der Waals surface area contributed by atoms with Gasteiger partial charge in [-0.1, -0.05) is 36.4 Å². The molecule has 0 aliphatic heterocycles. The van der Waals surface area contributed by atoms with Crippen molar-refractivity contribution in [2.75, 3.05) is 5.32 Å². The summed E-state index contributed by atoms with van der Waals surface area (Å²) in [5, 5.41) is 4.91. The number of amides is 1. The van der Waals surface area contributed by atoms with Gasteiger partial charge in [-0.15, -0.1) is 0 Å². The number of furan rings is 1. The highest BCUT2D eigenvalue weighted by atomic mass is 16.3. The fourth-order valence-electron chi connectivity index (χ4n) is 2.74. The Labute approximate surface area is 132 Å². The molecule has 1 amide bonds. The number of carbonyl (C=O) groups excluding carboxylic acids is 1. The highest BCUT2D eigenvalue weighted by Crippen LogP contribution is 2.23. The number of para-hydroxylation sites is 2. The van der Waals surface area contributed by atoms with Crippen molar-refractivity contribution in [1.82, 2.24) is 4.98 Å². The van der Waals surface area contributed by atoms with E-state index in [1.54, 1.807) is 12.5 Å². The van der Waals surface area contributed by atoms with Gasteiger partial charge in [-0.25, -0.2) is 0 Å². The minimum atomic E-state index is -0.0882. The van der Waals surface area contributed by atoms with E-state index in [-0.39, 0.29) is 12.3 Å². The van der Waals surface area contributed by atoms with Crippen molar-refractivity contribution in [1.29, 1.82) is 0 Å². The summed E-state index contributed by atoms with van der Waals surface area (Å²) in [5.41, 5.74) is 3.19. The van der Waals surface area contributed by atoms with E-state index in [9.17, 15) is 4.79 Å². The lowest BCUT2D eigenvalue weighted by Crippen LogP contribution is -2.14. The number of carbonyl (C=O) groups is 1. The molecule has 2 aromatic carbocycles. The van der Waals surface area contributed by atoms with Crippen LogP contribution in [0, 0.1) is 0 Å². The minimum Gasteiger partial charge on any atom is -0.464 e. The van der Waals surface area contributed by atoms with Crippen molar-refractivity contribution in [3.8, 4) is 0 Å². The van der Waals surface area contributed by atoms with Gasteiger partial charge in [0.1, 0.15) is 5.58 Å². The number of benzene rings is 2. The van der Waals surface area contributed by atoms with Crippen LogP contribution in [0.25, 0.3) is 21.9 Å². The summed E-state index contributed by atoms with van der Waals surface area (Å²) in [6.45, 7) is 0.